The van der Waals surface area contributed by atoms with E-state index in [9.17, 15) is 19.5 Å². The monoisotopic (exact) mass is 418 g/mol. The molecule has 3 rings (SSSR count). The molecule has 7 nitrogen and oxygen atoms in total. The summed E-state index contributed by atoms with van der Waals surface area (Å²) in [6.07, 6.45) is -0.606. The summed E-state index contributed by atoms with van der Waals surface area (Å²) in [4.78, 5) is 39.7. The van der Waals surface area contributed by atoms with Gasteiger partial charge in [0.25, 0.3) is 11.8 Å². The Morgan fingerprint density at radius 3 is 2.17 bits per heavy atom. The second-order valence-electron chi connectivity index (χ2n) is 9.56. The van der Waals surface area contributed by atoms with Gasteiger partial charge in [0.15, 0.2) is 8.32 Å². The topological polar surface area (TPSA) is 87.2 Å². The van der Waals surface area contributed by atoms with E-state index in [4.69, 9.17) is 4.43 Å². The molecule has 0 saturated carbocycles. The Bertz CT molecular complexity index is 798. The highest BCUT2D eigenvalue weighted by Gasteiger charge is 2.43. The molecule has 0 radical (unpaired) electrons. The molecule has 0 aromatic heterocycles. The number of rotatable bonds is 4. The molecule has 3 amide bonds. The zero-order valence-corrected chi connectivity index (χ0v) is 18.8. The Balaban J connectivity index is 1.76. The number of imide groups is 1. The molecule has 0 aliphatic carbocycles. The highest BCUT2D eigenvalue weighted by Crippen LogP contribution is 2.39. The fourth-order valence-corrected chi connectivity index (χ4v) is 5.14. The van der Waals surface area contributed by atoms with Crippen molar-refractivity contribution in [2.24, 2.45) is 5.92 Å². The van der Waals surface area contributed by atoms with E-state index < -0.39 is 14.4 Å². The maximum absolute atomic E-state index is 12.7. The molecule has 1 N–H and O–H groups in total. The van der Waals surface area contributed by atoms with Crippen molar-refractivity contribution in [2.45, 2.75) is 51.4 Å². The number of carbonyl (C=O) groups excluding carboxylic acids is 2. The summed E-state index contributed by atoms with van der Waals surface area (Å²) >= 11 is 0. The number of amides is 3. The highest BCUT2D eigenvalue weighted by molar-refractivity contribution is 6.74. The van der Waals surface area contributed by atoms with Gasteiger partial charge in [-0.2, -0.15) is 0 Å². The van der Waals surface area contributed by atoms with E-state index in [2.05, 4.69) is 33.9 Å². The lowest BCUT2D eigenvalue weighted by molar-refractivity contribution is 0.0335. The third-order valence-corrected chi connectivity index (χ3v) is 10.9. The summed E-state index contributed by atoms with van der Waals surface area (Å²) in [6.45, 7) is 11.5. The smallest absolute Gasteiger partial charge is 0.407 e. The van der Waals surface area contributed by atoms with Gasteiger partial charge in [-0.3, -0.25) is 14.5 Å². The Labute approximate surface area is 172 Å². The molecule has 1 saturated heterocycles. The fraction of sp³-hybridized carbons (Fsp3) is 0.571. The maximum atomic E-state index is 12.7. The first-order valence-electron chi connectivity index (χ1n) is 10.0. The predicted molar refractivity (Wildman–Crippen MR) is 112 cm³/mol. The highest BCUT2D eigenvalue weighted by atomic mass is 28.4. The number of hydrogen-bond acceptors (Lipinski definition) is 4. The SMILES string of the molecule is CC(C)(C)[Si](C)(C)OC1CC(CN2C(=O)c3ccccc3C2=O)CN(C(=O)O)C1. The van der Waals surface area contributed by atoms with Crippen molar-refractivity contribution in [1.29, 1.82) is 0 Å². The van der Waals surface area contributed by atoms with Gasteiger partial charge in [-0.15, -0.1) is 0 Å². The summed E-state index contributed by atoms with van der Waals surface area (Å²) in [6, 6.07) is 6.79. The van der Waals surface area contributed by atoms with Crippen molar-refractivity contribution in [3.05, 3.63) is 35.4 Å². The number of carbonyl (C=O) groups is 3. The van der Waals surface area contributed by atoms with Crippen LogP contribution in [0.15, 0.2) is 24.3 Å². The van der Waals surface area contributed by atoms with E-state index in [-0.39, 0.29) is 35.4 Å². The van der Waals surface area contributed by atoms with E-state index in [1.54, 1.807) is 24.3 Å². The molecular weight excluding hydrogens is 388 g/mol. The van der Waals surface area contributed by atoms with Crippen LogP contribution in [0.1, 0.15) is 47.9 Å². The van der Waals surface area contributed by atoms with Gasteiger partial charge in [-0.25, -0.2) is 4.79 Å². The van der Waals surface area contributed by atoms with Crippen LogP contribution in [0.5, 0.6) is 0 Å². The van der Waals surface area contributed by atoms with Gasteiger partial charge in [0.2, 0.25) is 0 Å². The molecule has 2 heterocycles. The predicted octanol–water partition coefficient (Wildman–Crippen LogP) is 3.67. The summed E-state index contributed by atoms with van der Waals surface area (Å²) < 4.78 is 6.48. The van der Waals surface area contributed by atoms with Crippen LogP contribution in [0.4, 0.5) is 4.79 Å². The minimum absolute atomic E-state index is 0.0104. The van der Waals surface area contributed by atoms with Crippen molar-refractivity contribution in [3.63, 3.8) is 0 Å². The van der Waals surface area contributed by atoms with Gasteiger partial charge < -0.3 is 14.4 Å². The van der Waals surface area contributed by atoms with Crippen LogP contribution in [-0.2, 0) is 4.43 Å². The zero-order valence-electron chi connectivity index (χ0n) is 17.8. The van der Waals surface area contributed by atoms with Crippen molar-refractivity contribution >= 4 is 26.2 Å². The third kappa shape index (κ3) is 4.23. The number of hydrogen-bond donors (Lipinski definition) is 1. The van der Waals surface area contributed by atoms with Crippen LogP contribution >= 0.6 is 0 Å². The Morgan fingerprint density at radius 1 is 1.14 bits per heavy atom. The lowest BCUT2D eigenvalue weighted by Crippen LogP contribution is -2.54. The van der Waals surface area contributed by atoms with E-state index in [0.717, 1.165) is 0 Å². The van der Waals surface area contributed by atoms with Crippen molar-refractivity contribution in [1.82, 2.24) is 9.80 Å². The van der Waals surface area contributed by atoms with Crippen molar-refractivity contribution < 1.29 is 23.9 Å². The molecule has 1 aromatic rings. The van der Waals surface area contributed by atoms with Crippen molar-refractivity contribution in [3.8, 4) is 0 Å². The first kappa shape index (κ1) is 21.5. The van der Waals surface area contributed by atoms with Crippen LogP contribution in [-0.4, -0.2) is 66.9 Å². The lowest BCUT2D eigenvalue weighted by atomic mass is 9.95. The van der Waals surface area contributed by atoms with Crippen LogP contribution in [0, 0.1) is 5.92 Å². The normalized spacial score (nSPS) is 22.8. The van der Waals surface area contributed by atoms with Gasteiger partial charge in [-0.1, -0.05) is 32.9 Å². The molecule has 2 aliphatic heterocycles. The van der Waals surface area contributed by atoms with Gasteiger partial charge in [0.1, 0.15) is 0 Å². The molecule has 1 fully saturated rings. The average Bonchev–Trinajstić information content (AvgIpc) is 2.85. The van der Waals surface area contributed by atoms with E-state index in [1.807, 2.05) is 0 Å². The number of carboxylic acid groups (broad SMARTS) is 1. The summed E-state index contributed by atoms with van der Waals surface area (Å²) in [7, 11) is -2.08. The maximum Gasteiger partial charge on any atom is 0.407 e. The van der Waals surface area contributed by atoms with E-state index in [0.29, 0.717) is 30.6 Å². The lowest BCUT2D eigenvalue weighted by Gasteiger charge is -2.44. The Morgan fingerprint density at radius 2 is 1.69 bits per heavy atom. The fourth-order valence-electron chi connectivity index (χ4n) is 3.78. The summed E-state index contributed by atoms with van der Waals surface area (Å²) in [5.74, 6) is -0.767. The second-order valence-corrected chi connectivity index (χ2v) is 14.3. The van der Waals surface area contributed by atoms with Gasteiger partial charge in [0, 0.05) is 19.6 Å². The largest absolute Gasteiger partial charge is 0.465 e. The molecule has 2 aliphatic rings. The van der Waals surface area contributed by atoms with Gasteiger partial charge in [0.05, 0.1) is 17.2 Å². The average molecular weight is 419 g/mol. The van der Waals surface area contributed by atoms with E-state index in [1.165, 1.54) is 9.80 Å². The van der Waals surface area contributed by atoms with Gasteiger partial charge >= 0.3 is 6.09 Å². The zero-order chi connectivity index (χ0) is 21.6. The number of likely N-dealkylation sites (tertiary alicyclic amines) is 1. The quantitative estimate of drug-likeness (QED) is 0.595. The Kier molecular flexibility index (Phi) is 5.61. The molecule has 0 spiro atoms. The van der Waals surface area contributed by atoms with Gasteiger partial charge in [-0.05, 0) is 42.6 Å². The van der Waals surface area contributed by atoms with Crippen LogP contribution in [0.25, 0.3) is 0 Å². The molecule has 29 heavy (non-hydrogen) atoms. The first-order valence-corrected chi connectivity index (χ1v) is 12.9. The molecule has 2 atom stereocenters. The minimum atomic E-state index is -2.08. The molecule has 0 bridgehead atoms. The molecule has 2 unspecified atom stereocenters. The summed E-state index contributed by atoms with van der Waals surface area (Å²) in [5, 5.41) is 9.58. The van der Waals surface area contributed by atoms with E-state index >= 15 is 0 Å². The van der Waals surface area contributed by atoms with Crippen LogP contribution in [0.2, 0.25) is 18.1 Å². The first-order chi connectivity index (χ1) is 13.4. The van der Waals surface area contributed by atoms with Crippen molar-refractivity contribution in [2.75, 3.05) is 19.6 Å². The molecule has 8 heteroatoms. The number of piperidine rings is 1. The molecular formula is C21H30N2O5Si. The Hall–Kier alpha value is -2.19. The van der Waals surface area contributed by atoms with Crippen LogP contribution in [0.3, 0.4) is 0 Å². The standard InChI is InChI=1S/C21H30N2O5Si/c1-21(2,3)29(4,5)28-15-10-14(11-22(13-15)20(26)27)12-23-18(24)16-8-6-7-9-17(16)19(23)25/h6-9,14-15H,10-13H2,1-5H3,(H,26,27). The van der Waals surface area contributed by atoms with Crippen LogP contribution < -0.4 is 0 Å². The number of nitrogens with zero attached hydrogens (tertiary/aromatic N) is 2. The minimum Gasteiger partial charge on any atom is -0.465 e. The second kappa shape index (κ2) is 7.57. The molecule has 158 valence electrons. The number of benzene rings is 1. The third-order valence-electron chi connectivity index (χ3n) is 6.36. The number of fused-ring (bicyclic) bond motifs is 1. The molecule has 1 aromatic carbocycles. The summed E-state index contributed by atoms with van der Waals surface area (Å²) in [5.41, 5.74) is 0.829.